The predicted octanol–water partition coefficient (Wildman–Crippen LogP) is 3.43. The third kappa shape index (κ3) is 2.94. The van der Waals surface area contributed by atoms with Gasteiger partial charge < -0.3 is 5.32 Å². The van der Waals surface area contributed by atoms with Gasteiger partial charge in [-0.25, -0.2) is 0 Å². The van der Waals surface area contributed by atoms with Crippen molar-refractivity contribution in [1.29, 1.82) is 0 Å². The first kappa shape index (κ1) is 14.0. The van der Waals surface area contributed by atoms with Crippen molar-refractivity contribution in [1.82, 2.24) is 0 Å². The molecule has 2 aromatic carbocycles. The van der Waals surface area contributed by atoms with Gasteiger partial charge in [0.15, 0.2) is 0 Å². The van der Waals surface area contributed by atoms with E-state index >= 15 is 0 Å². The van der Waals surface area contributed by atoms with Crippen LogP contribution in [0.2, 0.25) is 0 Å². The van der Waals surface area contributed by atoms with E-state index in [0.717, 1.165) is 16.7 Å². The van der Waals surface area contributed by atoms with Crippen molar-refractivity contribution in [3.8, 4) is 0 Å². The smallest absolute Gasteiger partial charge is 0.296 e. The molecule has 1 N–H and O–H groups in total. The number of carbonyl (C=O) groups excluding carboxylic acids is 2. The minimum Gasteiger partial charge on any atom is -0.319 e. The largest absolute Gasteiger partial charge is 0.319 e. The van der Waals surface area contributed by atoms with Crippen molar-refractivity contribution < 1.29 is 9.59 Å². The zero-order valence-corrected chi connectivity index (χ0v) is 11.9. The van der Waals surface area contributed by atoms with Gasteiger partial charge in [0, 0.05) is 11.3 Å². The summed E-state index contributed by atoms with van der Waals surface area (Å²) in [6, 6.07) is 12.8. The molecular formula is C17H17NO2. The molecule has 2 rings (SSSR count). The average Bonchev–Trinajstić information content (AvgIpc) is 2.40. The first-order valence-electron chi connectivity index (χ1n) is 6.47. The number of rotatable bonds is 3. The summed E-state index contributed by atoms with van der Waals surface area (Å²) in [5, 5.41) is 2.66. The number of para-hydroxylation sites is 1. The summed E-state index contributed by atoms with van der Waals surface area (Å²) in [6.45, 7) is 5.67. The van der Waals surface area contributed by atoms with E-state index < -0.39 is 11.7 Å². The van der Waals surface area contributed by atoms with Crippen molar-refractivity contribution in [3.05, 3.63) is 64.7 Å². The first-order chi connectivity index (χ1) is 9.49. The first-order valence-corrected chi connectivity index (χ1v) is 6.47. The number of benzene rings is 2. The van der Waals surface area contributed by atoms with Gasteiger partial charge in [0.25, 0.3) is 11.7 Å². The Morgan fingerprint density at radius 3 is 2.25 bits per heavy atom. The molecule has 2 aromatic rings. The van der Waals surface area contributed by atoms with Crippen molar-refractivity contribution in [3.63, 3.8) is 0 Å². The molecule has 0 atom stereocenters. The van der Waals surface area contributed by atoms with Gasteiger partial charge >= 0.3 is 0 Å². The van der Waals surface area contributed by atoms with Crippen molar-refractivity contribution in [2.45, 2.75) is 20.8 Å². The minimum absolute atomic E-state index is 0.446. The Labute approximate surface area is 118 Å². The second-order valence-corrected chi connectivity index (χ2v) is 4.92. The van der Waals surface area contributed by atoms with Crippen LogP contribution < -0.4 is 5.32 Å². The quantitative estimate of drug-likeness (QED) is 0.684. The van der Waals surface area contributed by atoms with Gasteiger partial charge in [-0.05, 0) is 38.0 Å². The Morgan fingerprint density at radius 2 is 1.60 bits per heavy atom. The third-order valence-corrected chi connectivity index (χ3v) is 3.23. The molecule has 0 aliphatic carbocycles. The molecule has 3 heteroatoms. The maximum Gasteiger partial charge on any atom is 0.296 e. The molecule has 0 bridgehead atoms. The zero-order chi connectivity index (χ0) is 14.7. The van der Waals surface area contributed by atoms with E-state index in [1.54, 1.807) is 12.1 Å². The van der Waals surface area contributed by atoms with Gasteiger partial charge in [-0.3, -0.25) is 9.59 Å². The number of hydrogen-bond donors (Lipinski definition) is 1. The summed E-state index contributed by atoms with van der Waals surface area (Å²) in [5.41, 5.74) is 3.92. The highest BCUT2D eigenvalue weighted by Crippen LogP contribution is 2.15. The number of carbonyl (C=O) groups is 2. The Kier molecular flexibility index (Phi) is 3.99. The van der Waals surface area contributed by atoms with Gasteiger partial charge in [-0.2, -0.15) is 0 Å². The van der Waals surface area contributed by atoms with E-state index in [0.29, 0.717) is 11.3 Å². The van der Waals surface area contributed by atoms with Crippen LogP contribution in [0.1, 0.15) is 27.0 Å². The Balaban J connectivity index is 2.21. The molecule has 0 saturated heterocycles. The van der Waals surface area contributed by atoms with Crippen LogP contribution in [0.25, 0.3) is 0 Å². The Morgan fingerprint density at radius 1 is 0.900 bits per heavy atom. The Hall–Kier alpha value is -2.42. The number of aryl methyl sites for hydroxylation is 3. The summed E-state index contributed by atoms with van der Waals surface area (Å²) in [4.78, 5) is 24.2. The van der Waals surface area contributed by atoms with Crippen LogP contribution in [-0.4, -0.2) is 11.7 Å². The van der Waals surface area contributed by atoms with Crippen molar-refractivity contribution in [2.24, 2.45) is 0 Å². The highest BCUT2D eigenvalue weighted by molar-refractivity contribution is 6.46. The number of amides is 1. The average molecular weight is 267 g/mol. The van der Waals surface area contributed by atoms with E-state index in [-0.39, 0.29) is 0 Å². The van der Waals surface area contributed by atoms with Crippen molar-refractivity contribution in [2.75, 3.05) is 5.32 Å². The van der Waals surface area contributed by atoms with Crippen molar-refractivity contribution >= 4 is 17.4 Å². The highest BCUT2D eigenvalue weighted by Gasteiger charge is 2.18. The second-order valence-electron chi connectivity index (χ2n) is 4.92. The molecule has 3 nitrogen and oxygen atoms in total. The molecule has 20 heavy (non-hydrogen) atoms. The number of hydrogen-bond acceptors (Lipinski definition) is 2. The number of Topliss-reactive ketones (excluding diaryl/α,β-unsaturated/α-hetero) is 1. The molecule has 0 radical (unpaired) electrons. The fourth-order valence-corrected chi connectivity index (χ4v) is 2.08. The van der Waals surface area contributed by atoms with Crippen LogP contribution >= 0.6 is 0 Å². The standard InChI is InChI=1S/C17H17NO2/c1-11-8-9-14(13(3)10-11)16(19)17(20)18-15-7-5-4-6-12(15)2/h4-10H,1-3H3,(H,18,20). The van der Waals surface area contributed by atoms with Crippen LogP contribution in [0.3, 0.4) is 0 Å². The molecule has 0 saturated carbocycles. The van der Waals surface area contributed by atoms with E-state index in [9.17, 15) is 9.59 Å². The summed E-state index contributed by atoms with van der Waals surface area (Å²) < 4.78 is 0. The molecule has 102 valence electrons. The lowest BCUT2D eigenvalue weighted by atomic mass is 10.0. The summed E-state index contributed by atoms with van der Waals surface area (Å²) >= 11 is 0. The number of nitrogens with one attached hydrogen (secondary N) is 1. The molecule has 1 amide bonds. The van der Waals surface area contributed by atoms with Gasteiger partial charge in [0.1, 0.15) is 0 Å². The van der Waals surface area contributed by atoms with Gasteiger partial charge in [-0.15, -0.1) is 0 Å². The van der Waals surface area contributed by atoms with Crippen LogP contribution in [0.15, 0.2) is 42.5 Å². The normalized spacial score (nSPS) is 10.2. The van der Waals surface area contributed by atoms with Gasteiger partial charge in [0.2, 0.25) is 0 Å². The summed E-state index contributed by atoms with van der Waals surface area (Å²) in [7, 11) is 0. The second kappa shape index (κ2) is 5.70. The zero-order valence-electron chi connectivity index (χ0n) is 11.9. The van der Waals surface area contributed by atoms with E-state index in [4.69, 9.17) is 0 Å². The molecule has 0 aliphatic rings. The lowest BCUT2D eigenvalue weighted by Crippen LogP contribution is -2.24. The van der Waals surface area contributed by atoms with Crippen LogP contribution in [-0.2, 0) is 4.79 Å². The fraction of sp³-hybridized carbons (Fsp3) is 0.176. The van der Waals surface area contributed by atoms with Crippen LogP contribution in [0.4, 0.5) is 5.69 Å². The summed E-state index contributed by atoms with van der Waals surface area (Å²) in [5.74, 6) is -1.11. The topological polar surface area (TPSA) is 46.2 Å². The Bertz CT molecular complexity index is 674. The lowest BCUT2D eigenvalue weighted by Gasteiger charge is -2.09. The molecule has 0 unspecified atom stereocenters. The van der Waals surface area contributed by atoms with E-state index in [2.05, 4.69) is 5.32 Å². The highest BCUT2D eigenvalue weighted by atomic mass is 16.2. The predicted molar refractivity (Wildman–Crippen MR) is 80.1 cm³/mol. The number of ketones is 1. The van der Waals surface area contributed by atoms with E-state index in [1.165, 1.54) is 0 Å². The molecule has 0 aliphatic heterocycles. The number of anilines is 1. The SMILES string of the molecule is Cc1ccc(C(=O)C(=O)Nc2ccccc2C)c(C)c1. The molecule has 0 fully saturated rings. The summed E-state index contributed by atoms with van der Waals surface area (Å²) in [6.07, 6.45) is 0. The maximum absolute atomic E-state index is 12.2. The fourth-order valence-electron chi connectivity index (χ4n) is 2.08. The molecule has 0 aromatic heterocycles. The third-order valence-electron chi connectivity index (χ3n) is 3.23. The molecule has 0 spiro atoms. The van der Waals surface area contributed by atoms with Gasteiger partial charge in [-0.1, -0.05) is 42.0 Å². The molecular weight excluding hydrogens is 250 g/mol. The lowest BCUT2D eigenvalue weighted by molar-refractivity contribution is -0.112. The van der Waals surface area contributed by atoms with E-state index in [1.807, 2.05) is 51.1 Å². The maximum atomic E-state index is 12.2. The molecule has 0 heterocycles. The monoisotopic (exact) mass is 267 g/mol. The minimum atomic E-state index is -0.605. The van der Waals surface area contributed by atoms with Crippen LogP contribution in [0, 0.1) is 20.8 Å². The van der Waals surface area contributed by atoms with Gasteiger partial charge in [0.05, 0.1) is 0 Å². The van der Waals surface area contributed by atoms with Crippen LogP contribution in [0.5, 0.6) is 0 Å².